The lowest BCUT2D eigenvalue weighted by atomic mass is 10.1. The summed E-state index contributed by atoms with van der Waals surface area (Å²) in [7, 11) is -3.98. The maximum absolute atomic E-state index is 13.6. The molecule has 30 heavy (non-hydrogen) atoms. The van der Waals surface area contributed by atoms with E-state index in [1.807, 2.05) is 66.7 Å². The molecule has 0 saturated heterocycles. The summed E-state index contributed by atoms with van der Waals surface area (Å²) in [4.78, 5) is 10.4. The number of hydrogen-bond acceptors (Lipinski definition) is 4. The van der Waals surface area contributed by atoms with E-state index in [1.165, 1.54) is 28.6 Å². The van der Waals surface area contributed by atoms with Crippen LogP contribution in [0.4, 0.5) is 11.4 Å². The summed E-state index contributed by atoms with van der Waals surface area (Å²) in [6.45, 7) is 0.133. The lowest BCUT2D eigenvalue weighted by Crippen LogP contribution is -2.30. The lowest BCUT2D eigenvalue weighted by Gasteiger charge is -2.26. The highest BCUT2D eigenvalue weighted by atomic mass is 32.2. The molecule has 0 spiro atoms. The summed E-state index contributed by atoms with van der Waals surface area (Å²) in [5.74, 6) is 0. The third-order valence-electron chi connectivity index (χ3n) is 4.84. The van der Waals surface area contributed by atoms with Crippen molar-refractivity contribution in [2.75, 3.05) is 4.31 Å². The van der Waals surface area contributed by atoms with Gasteiger partial charge in [-0.25, -0.2) is 8.42 Å². The highest BCUT2D eigenvalue weighted by molar-refractivity contribution is 7.92. The number of hydrogen-bond donors (Lipinski definition) is 0. The van der Waals surface area contributed by atoms with Crippen molar-refractivity contribution >= 4 is 32.2 Å². The van der Waals surface area contributed by atoms with Gasteiger partial charge in [0.2, 0.25) is 0 Å². The van der Waals surface area contributed by atoms with Crippen LogP contribution < -0.4 is 4.31 Å². The van der Waals surface area contributed by atoms with Gasteiger partial charge in [-0.05, 0) is 29.1 Å². The van der Waals surface area contributed by atoms with Crippen LogP contribution in [0, 0.1) is 10.1 Å². The SMILES string of the molecule is O=[N+]([O-])c1ccc(S(=O)(=O)N(Cc2ccccc2)c2cccc3ccccc23)cc1. The number of benzene rings is 4. The summed E-state index contributed by atoms with van der Waals surface area (Å²) >= 11 is 0. The topological polar surface area (TPSA) is 80.5 Å². The molecule has 0 heterocycles. The first kappa shape index (κ1) is 19.6. The average Bonchev–Trinajstić information content (AvgIpc) is 2.78. The van der Waals surface area contributed by atoms with Crippen LogP contribution in [-0.2, 0) is 16.6 Å². The van der Waals surface area contributed by atoms with Gasteiger partial charge in [-0.3, -0.25) is 14.4 Å². The molecule has 7 heteroatoms. The van der Waals surface area contributed by atoms with Crippen LogP contribution in [0.5, 0.6) is 0 Å². The van der Waals surface area contributed by atoms with E-state index in [-0.39, 0.29) is 17.1 Å². The Labute approximate surface area is 174 Å². The Kier molecular flexibility index (Phi) is 5.20. The number of nitrogens with zero attached hydrogens (tertiary/aromatic N) is 2. The van der Waals surface area contributed by atoms with Gasteiger partial charge in [0.05, 0.1) is 22.1 Å². The predicted molar refractivity (Wildman–Crippen MR) is 117 cm³/mol. The van der Waals surface area contributed by atoms with E-state index in [1.54, 1.807) is 6.07 Å². The second kappa shape index (κ2) is 7.96. The van der Waals surface area contributed by atoms with Gasteiger partial charge in [-0.2, -0.15) is 0 Å². The number of fused-ring (bicyclic) bond motifs is 1. The van der Waals surface area contributed by atoms with Crippen LogP contribution >= 0.6 is 0 Å². The highest BCUT2D eigenvalue weighted by Gasteiger charge is 2.27. The third kappa shape index (κ3) is 3.75. The van der Waals surface area contributed by atoms with Crippen molar-refractivity contribution in [3.63, 3.8) is 0 Å². The monoisotopic (exact) mass is 418 g/mol. The molecule has 150 valence electrons. The Morgan fingerprint density at radius 1 is 0.767 bits per heavy atom. The number of non-ortho nitro benzene ring substituents is 1. The number of anilines is 1. The quantitative estimate of drug-likeness (QED) is 0.321. The smallest absolute Gasteiger partial charge is 0.261 e. The first-order valence-corrected chi connectivity index (χ1v) is 10.7. The normalized spacial score (nSPS) is 11.3. The summed E-state index contributed by atoms with van der Waals surface area (Å²) in [6.07, 6.45) is 0. The molecule has 0 atom stereocenters. The fraction of sp³-hybridized carbons (Fsp3) is 0.0435. The molecule has 0 N–H and O–H groups in total. The van der Waals surface area contributed by atoms with Crippen molar-refractivity contribution in [3.05, 3.63) is 113 Å². The van der Waals surface area contributed by atoms with E-state index < -0.39 is 14.9 Å². The summed E-state index contributed by atoms with van der Waals surface area (Å²) in [5.41, 5.74) is 1.22. The Balaban J connectivity index is 1.87. The zero-order valence-electron chi connectivity index (χ0n) is 15.9. The Morgan fingerprint density at radius 3 is 2.10 bits per heavy atom. The summed E-state index contributed by atoms with van der Waals surface area (Å²) in [5, 5.41) is 12.7. The average molecular weight is 418 g/mol. The molecule has 0 bridgehead atoms. The predicted octanol–water partition coefficient (Wildman–Crippen LogP) is 5.14. The molecule has 6 nitrogen and oxygen atoms in total. The summed E-state index contributed by atoms with van der Waals surface area (Å²) < 4.78 is 28.6. The maximum Gasteiger partial charge on any atom is 0.269 e. The van der Waals surface area contributed by atoms with Gasteiger partial charge in [-0.15, -0.1) is 0 Å². The number of rotatable bonds is 6. The minimum atomic E-state index is -3.98. The second-order valence-electron chi connectivity index (χ2n) is 6.75. The zero-order chi connectivity index (χ0) is 21.1. The molecule has 0 saturated carbocycles. The third-order valence-corrected chi connectivity index (χ3v) is 6.61. The minimum absolute atomic E-state index is 0.00281. The van der Waals surface area contributed by atoms with Crippen LogP contribution in [0.25, 0.3) is 10.8 Å². The molecule has 0 unspecified atom stereocenters. The fourth-order valence-electron chi connectivity index (χ4n) is 3.34. The first-order chi connectivity index (χ1) is 14.5. The largest absolute Gasteiger partial charge is 0.269 e. The van der Waals surface area contributed by atoms with Gasteiger partial charge in [0.15, 0.2) is 0 Å². The Bertz CT molecular complexity index is 1300. The molecule has 4 rings (SSSR count). The molecule has 0 radical (unpaired) electrons. The molecule has 0 fully saturated rings. The highest BCUT2D eigenvalue weighted by Crippen LogP contribution is 2.33. The van der Waals surface area contributed by atoms with Crippen molar-refractivity contribution in [1.82, 2.24) is 0 Å². The Morgan fingerprint density at radius 2 is 1.40 bits per heavy atom. The van der Waals surface area contributed by atoms with Crippen molar-refractivity contribution in [2.24, 2.45) is 0 Å². The summed E-state index contributed by atoms with van der Waals surface area (Å²) in [6, 6.07) is 27.4. The molecule has 4 aromatic rings. The lowest BCUT2D eigenvalue weighted by molar-refractivity contribution is -0.384. The molecule has 0 amide bonds. The van der Waals surface area contributed by atoms with E-state index in [9.17, 15) is 18.5 Å². The van der Waals surface area contributed by atoms with Crippen molar-refractivity contribution < 1.29 is 13.3 Å². The maximum atomic E-state index is 13.6. The molecule has 0 aliphatic heterocycles. The van der Waals surface area contributed by atoms with Crippen molar-refractivity contribution in [3.8, 4) is 0 Å². The van der Waals surface area contributed by atoms with E-state index >= 15 is 0 Å². The van der Waals surface area contributed by atoms with Gasteiger partial charge in [0, 0.05) is 17.5 Å². The number of nitro benzene ring substituents is 1. The minimum Gasteiger partial charge on any atom is -0.261 e. The molecular formula is C23H18N2O4S. The standard InChI is InChI=1S/C23H18N2O4S/c26-25(27)20-13-15-21(16-14-20)30(28,29)24(17-18-7-2-1-3-8-18)23-12-6-10-19-9-4-5-11-22(19)23/h1-16H,17H2. The van der Waals surface area contributed by atoms with E-state index in [2.05, 4.69) is 0 Å². The van der Waals surface area contributed by atoms with Gasteiger partial charge in [-0.1, -0.05) is 66.7 Å². The Hall–Kier alpha value is -3.71. The van der Waals surface area contributed by atoms with Crippen LogP contribution in [-0.4, -0.2) is 13.3 Å². The van der Waals surface area contributed by atoms with E-state index in [0.717, 1.165) is 16.3 Å². The number of sulfonamides is 1. The van der Waals surface area contributed by atoms with Gasteiger partial charge in [0.1, 0.15) is 0 Å². The van der Waals surface area contributed by atoms with Crippen LogP contribution in [0.15, 0.2) is 102 Å². The van der Waals surface area contributed by atoms with Crippen molar-refractivity contribution in [1.29, 1.82) is 0 Å². The molecule has 4 aromatic carbocycles. The van der Waals surface area contributed by atoms with Crippen molar-refractivity contribution in [2.45, 2.75) is 11.4 Å². The van der Waals surface area contributed by atoms with Gasteiger partial charge >= 0.3 is 0 Å². The second-order valence-corrected chi connectivity index (χ2v) is 8.61. The molecule has 0 aromatic heterocycles. The molecule has 0 aliphatic rings. The zero-order valence-corrected chi connectivity index (χ0v) is 16.7. The van der Waals surface area contributed by atoms with Gasteiger partial charge < -0.3 is 0 Å². The fourth-order valence-corrected chi connectivity index (χ4v) is 4.81. The van der Waals surface area contributed by atoms with E-state index in [4.69, 9.17) is 0 Å². The van der Waals surface area contributed by atoms with Crippen LogP contribution in [0.3, 0.4) is 0 Å². The molecular weight excluding hydrogens is 400 g/mol. The van der Waals surface area contributed by atoms with Crippen LogP contribution in [0.1, 0.15) is 5.56 Å². The van der Waals surface area contributed by atoms with Crippen LogP contribution in [0.2, 0.25) is 0 Å². The first-order valence-electron chi connectivity index (χ1n) is 9.26. The van der Waals surface area contributed by atoms with E-state index in [0.29, 0.717) is 5.69 Å². The molecule has 0 aliphatic carbocycles. The number of nitro groups is 1. The van der Waals surface area contributed by atoms with Gasteiger partial charge in [0.25, 0.3) is 15.7 Å².